The maximum absolute atomic E-state index is 12.3. The lowest BCUT2D eigenvalue weighted by Gasteiger charge is -2.12. The van der Waals surface area contributed by atoms with E-state index in [0.29, 0.717) is 5.82 Å². The Bertz CT molecular complexity index is 907. The lowest BCUT2D eigenvalue weighted by atomic mass is 9.93. The molecule has 2 heterocycles. The summed E-state index contributed by atoms with van der Waals surface area (Å²) in [7, 11) is 1.84. The van der Waals surface area contributed by atoms with Crippen molar-refractivity contribution in [1.82, 2.24) is 10.1 Å². The Labute approximate surface area is 159 Å². The number of amides is 1. The van der Waals surface area contributed by atoms with Crippen LogP contribution in [0.3, 0.4) is 0 Å². The van der Waals surface area contributed by atoms with Crippen LogP contribution in [0, 0.1) is 0 Å². The monoisotopic (exact) mass is 364 g/mol. The van der Waals surface area contributed by atoms with Gasteiger partial charge < -0.3 is 15.2 Å². The number of benzene rings is 1. The Kier molecular flexibility index (Phi) is 5.26. The number of hydrogen-bond acceptors (Lipinski definition) is 5. The van der Waals surface area contributed by atoms with Gasteiger partial charge in [-0.2, -0.15) is 0 Å². The predicted octanol–water partition coefficient (Wildman–Crippen LogP) is 4.26. The van der Waals surface area contributed by atoms with Gasteiger partial charge in [0.05, 0.1) is 6.42 Å². The number of anilines is 2. The molecule has 0 radical (unpaired) electrons. The van der Waals surface area contributed by atoms with Gasteiger partial charge in [-0.3, -0.25) is 4.79 Å². The third-order valence-corrected chi connectivity index (χ3v) is 4.19. The Balaban J connectivity index is 1.62. The molecule has 1 aromatic carbocycles. The van der Waals surface area contributed by atoms with E-state index in [-0.39, 0.29) is 17.7 Å². The molecule has 0 aliphatic heterocycles. The Morgan fingerprint density at radius 1 is 1.04 bits per heavy atom. The lowest BCUT2D eigenvalue weighted by molar-refractivity contribution is -0.115. The smallest absolute Gasteiger partial charge is 0.230 e. The summed E-state index contributed by atoms with van der Waals surface area (Å²) >= 11 is 0. The van der Waals surface area contributed by atoms with E-state index in [0.717, 1.165) is 28.3 Å². The summed E-state index contributed by atoms with van der Waals surface area (Å²) in [5.41, 5.74) is 2.87. The van der Waals surface area contributed by atoms with Crippen molar-refractivity contribution in [3.05, 3.63) is 60.0 Å². The summed E-state index contributed by atoms with van der Waals surface area (Å²) in [4.78, 5) is 16.6. The molecule has 0 atom stereocenters. The minimum atomic E-state index is -0.147. The molecule has 27 heavy (non-hydrogen) atoms. The van der Waals surface area contributed by atoms with Crippen LogP contribution in [0.1, 0.15) is 32.1 Å². The topological polar surface area (TPSA) is 80.0 Å². The molecule has 0 saturated heterocycles. The number of nitrogens with zero attached hydrogens (tertiary/aromatic N) is 2. The maximum atomic E-state index is 12.3. The quantitative estimate of drug-likeness (QED) is 0.707. The summed E-state index contributed by atoms with van der Waals surface area (Å²) in [6.07, 6.45) is 2.10. The molecule has 2 N–H and O–H groups in total. The first-order valence-corrected chi connectivity index (χ1v) is 8.85. The average molecular weight is 364 g/mol. The van der Waals surface area contributed by atoms with Crippen molar-refractivity contribution in [3.63, 3.8) is 0 Å². The first-order chi connectivity index (χ1) is 12.8. The van der Waals surface area contributed by atoms with E-state index in [1.165, 1.54) is 0 Å². The highest BCUT2D eigenvalue weighted by molar-refractivity contribution is 5.91. The number of nitrogens with one attached hydrogen (secondary N) is 2. The highest BCUT2D eigenvalue weighted by Crippen LogP contribution is 2.24. The molecular weight excluding hydrogens is 340 g/mol. The van der Waals surface area contributed by atoms with E-state index in [1.807, 2.05) is 70.4 Å². The molecule has 0 aliphatic carbocycles. The predicted molar refractivity (Wildman–Crippen MR) is 107 cm³/mol. The number of carbonyl (C=O) groups excluding carboxylic acids is 1. The van der Waals surface area contributed by atoms with Gasteiger partial charge in [-0.25, -0.2) is 4.98 Å². The van der Waals surface area contributed by atoms with Gasteiger partial charge in [0, 0.05) is 30.3 Å². The van der Waals surface area contributed by atoms with Gasteiger partial charge in [0.25, 0.3) is 0 Å². The largest absolute Gasteiger partial charge is 0.373 e. The van der Waals surface area contributed by atoms with Gasteiger partial charge in [-0.05, 0) is 23.3 Å². The zero-order valence-corrected chi connectivity index (χ0v) is 16.0. The van der Waals surface area contributed by atoms with Crippen LogP contribution in [0.25, 0.3) is 11.1 Å². The van der Waals surface area contributed by atoms with E-state index >= 15 is 0 Å². The third-order valence-electron chi connectivity index (χ3n) is 4.19. The molecule has 0 aliphatic rings. The van der Waals surface area contributed by atoms with Crippen molar-refractivity contribution >= 4 is 17.5 Å². The molecule has 140 valence electrons. The standard InChI is InChI=1S/C21H24N4O2/c1-21(2,3)17-12-19(25-27-17)24-20(26)11-14-5-7-15(8-6-14)16-9-10-18(22-4)23-13-16/h5-10,12-13H,11H2,1-4H3,(H,22,23)(H,24,25,26). The molecular formula is C21H24N4O2. The first-order valence-electron chi connectivity index (χ1n) is 8.85. The summed E-state index contributed by atoms with van der Waals surface area (Å²) in [6.45, 7) is 6.09. The van der Waals surface area contributed by atoms with Crippen LogP contribution in [0.4, 0.5) is 11.6 Å². The fourth-order valence-corrected chi connectivity index (χ4v) is 2.59. The van der Waals surface area contributed by atoms with E-state index in [9.17, 15) is 4.79 Å². The second kappa shape index (κ2) is 7.61. The zero-order valence-electron chi connectivity index (χ0n) is 16.0. The molecule has 6 heteroatoms. The van der Waals surface area contributed by atoms with Crippen LogP contribution < -0.4 is 10.6 Å². The van der Waals surface area contributed by atoms with Crippen LogP contribution in [-0.2, 0) is 16.6 Å². The molecule has 2 aromatic heterocycles. The zero-order chi connectivity index (χ0) is 19.4. The molecule has 0 unspecified atom stereocenters. The van der Waals surface area contributed by atoms with Crippen molar-refractivity contribution in [1.29, 1.82) is 0 Å². The van der Waals surface area contributed by atoms with Crippen LogP contribution >= 0.6 is 0 Å². The van der Waals surface area contributed by atoms with E-state index in [2.05, 4.69) is 20.8 Å². The first kappa shape index (κ1) is 18.6. The van der Waals surface area contributed by atoms with E-state index < -0.39 is 0 Å². The Morgan fingerprint density at radius 2 is 1.74 bits per heavy atom. The summed E-state index contributed by atoms with van der Waals surface area (Å²) in [5, 5.41) is 9.69. The Morgan fingerprint density at radius 3 is 2.30 bits per heavy atom. The second-order valence-corrected chi connectivity index (χ2v) is 7.43. The van der Waals surface area contributed by atoms with Gasteiger partial charge in [0.1, 0.15) is 11.6 Å². The van der Waals surface area contributed by atoms with Crippen molar-refractivity contribution in [2.45, 2.75) is 32.6 Å². The normalized spacial score (nSPS) is 11.3. The molecule has 1 amide bonds. The highest BCUT2D eigenvalue weighted by atomic mass is 16.5. The van der Waals surface area contributed by atoms with Crippen molar-refractivity contribution < 1.29 is 9.32 Å². The van der Waals surface area contributed by atoms with E-state index in [4.69, 9.17) is 4.52 Å². The number of hydrogen-bond donors (Lipinski definition) is 2. The van der Waals surface area contributed by atoms with Crippen molar-refractivity contribution in [2.75, 3.05) is 17.7 Å². The third kappa shape index (κ3) is 4.73. The number of carbonyl (C=O) groups is 1. The summed E-state index contributed by atoms with van der Waals surface area (Å²) in [5.74, 6) is 1.88. The maximum Gasteiger partial charge on any atom is 0.230 e. The molecule has 0 spiro atoms. The SMILES string of the molecule is CNc1ccc(-c2ccc(CC(=O)Nc3cc(C(C)(C)C)on3)cc2)cn1. The number of aromatic nitrogens is 2. The van der Waals surface area contributed by atoms with Gasteiger partial charge in [-0.1, -0.05) is 50.2 Å². The van der Waals surface area contributed by atoms with Crippen molar-refractivity contribution in [3.8, 4) is 11.1 Å². The Hall–Kier alpha value is -3.15. The van der Waals surface area contributed by atoms with Crippen LogP contribution in [0.5, 0.6) is 0 Å². The molecule has 3 rings (SSSR count). The number of pyridine rings is 1. The summed E-state index contributed by atoms with van der Waals surface area (Å²) < 4.78 is 5.29. The van der Waals surface area contributed by atoms with E-state index in [1.54, 1.807) is 6.07 Å². The van der Waals surface area contributed by atoms with Gasteiger partial charge in [-0.15, -0.1) is 0 Å². The molecule has 0 bridgehead atoms. The molecule has 0 saturated carbocycles. The fraction of sp³-hybridized carbons (Fsp3) is 0.286. The van der Waals surface area contributed by atoms with Crippen molar-refractivity contribution in [2.24, 2.45) is 0 Å². The van der Waals surface area contributed by atoms with Crippen LogP contribution in [0.2, 0.25) is 0 Å². The average Bonchev–Trinajstić information content (AvgIpc) is 3.11. The van der Waals surface area contributed by atoms with Gasteiger partial charge >= 0.3 is 0 Å². The minimum Gasteiger partial charge on any atom is -0.373 e. The fourth-order valence-electron chi connectivity index (χ4n) is 2.59. The van der Waals surface area contributed by atoms with Crippen LogP contribution in [0.15, 0.2) is 53.2 Å². The lowest BCUT2D eigenvalue weighted by Crippen LogP contribution is -2.14. The van der Waals surface area contributed by atoms with Gasteiger partial charge in [0.15, 0.2) is 5.82 Å². The second-order valence-electron chi connectivity index (χ2n) is 7.43. The van der Waals surface area contributed by atoms with Crippen LogP contribution in [-0.4, -0.2) is 23.1 Å². The summed E-state index contributed by atoms with van der Waals surface area (Å²) in [6, 6.07) is 13.6. The number of rotatable bonds is 5. The molecule has 6 nitrogen and oxygen atoms in total. The molecule has 0 fully saturated rings. The highest BCUT2D eigenvalue weighted by Gasteiger charge is 2.20. The van der Waals surface area contributed by atoms with Gasteiger partial charge in [0.2, 0.25) is 5.91 Å². The minimum absolute atomic E-state index is 0.128. The molecule has 3 aromatic rings.